The number of hydrogen-bond donors (Lipinski definition) is 1. The second-order valence-corrected chi connectivity index (χ2v) is 9.92. The van der Waals surface area contributed by atoms with E-state index in [2.05, 4.69) is 27.3 Å². The van der Waals surface area contributed by atoms with E-state index < -0.39 is 0 Å². The second-order valence-electron chi connectivity index (χ2n) is 8.71. The predicted molar refractivity (Wildman–Crippen MR) is 131 cm³/mol. The molecule has 33 heavy (non-hydrogen) atoms. The largest absolute Gasteiger partial charge is 0.371 e. The molecule has 0 radical (unpaired) electrons. The molecule has 1 aliphatic heterocycles. The number of carbonyl (C=O) groups excluding carboxylic acids is 1. The smallest absolute Gasteiger partial charge is 0.270 e. The number of hydrogen-bond acceptors (Lipinski definition) is 4. The fraction of sp³-hybridized carbons (Fsp3) is 0.308. The lowest BCUT2D eigenvalue weighted by Gasteiger charge is -2.34. The van der Waals surface area contributed by atoms with Gasteiger partial charge in [0.15, 0.2) is 4.96 Å². The van der Waals surface area contributed by atoms with E-state index in [4.69, 9.17) is 0 Å². The van der Waals surface area contributed by atoms with Gasteiger partial charge in [-0.2, -0.15) is 0 Å². The summed E-state index contributed by atoms with van der Waals surface area (Å²) in [6.45, 7) is 6.28. The molecular formula is C26H27FN4OS. The molecule has 0 aliphatic carbocycles. The number of carbonyl (C=O) groups is 1. The summed E-state index contributed by atoms with van der Waals surface area (Å²) in [5.41, 5.74) is 4.82. The van der Waals surface area contributed by atoms with Crippen LogP contribution in [0.15, 0.2) is 54.7 Å². The van der Waals surface area contributed by atoms with Gasteiger partial charge < -0.3 is 10.2 Å². The maximum Gasteiger partial charge on any atom is 0.270 e. The third-order valence-corrected chi connectivity index (χ3v) is 7.29. The fourth-order valence-corrected chi connectivity index (χ4v) is 5.54. The van der Waals surface area contributed by atoms with Gasteiger partial charge in [-0.15, -0.1) is 11.3 Å². The lowest BCUT2D eigenvalue weighted by atomic mass is 9.89. The third kappa shape index (κ3) is 4.50. The van der Waals surface area contributed by atoms with Crippen molar-refractivity contribution in [3.8, 4) is 0 Å². The maximum absolute atomic E-state index is 13.2. The zero-order chi connectivity index (χ0) is 22.9. The first kappa shape index (κ1) is 21.6. The van der Waals surface area contributed by atoms with E-state index in [-0.39, 0.29) is 11.7 Å². The van der Waals surface area contributed by atoms with Gasteiger partial charge in [0.25, 0.3) is 5.91 Å². The van der Waals surface area contributed by atoms with Crippen molar-refractivity contribution in [3.63, 3.8) is 0 Å². The average Bonchev–Trinajstić information content (AvgIpc) is 3.32. The lowest BCUT2D eigenvalue weighted by Crippen LogP contribution is -2.33. The molecule has 4 aromatic rings. The molecule has 0 spiro atoms. The van der Waals surface area contributed by atoms with Gasteiger partial charge in [0.2, 0.25) is 0 Å². The van der Waals surface area contributed by atoms with Crippen LogP contribution in [0.5, 0.6) is 0 Å². The number of rotatable bonds is 5. The predicted octanol–water partition coefficient (Wildman–Crippen LogP) is 5.47. The number of aromatic nitrogens is 2. The van der Waals surface area contributed by atoms with Crippen molar-refractivity contribution in [1.29, 1.82) is 0 Å². The standard InChI is InChI=1S/C26H27FN4OS/c1-17-16-31-24(18(2)29-26(31)33-17)25(32)28-15-19-4-3-5-23(14-19)30-12-10-21(11-13-30)20-6-8-22(27)9-7-20/h3-9,14,16,21H,10-13,15H2,1-2H3,(H,28,32). The highest BCUT2D eigenvalue weighted by Gasteiger charge is 2.21. The van der Waals surface area contributed by atoms with Gasteiger partial charge in [-0.25, -0.2) is 9.37 Å². The van der Waals surface area contributed by atoms with Gasteiger partial charge in [-0.3, -0.25) is 9.20 Å². The fourth-order valence-electron chi connectivity index (χ4n) is 4.67. The van der Waals surface area contributed by atoms with Gasteiger partial charge in [0, 0.05) is 36.4 Å². The summed E-state index contributed by atoms with van der Waals surface area (Å²) in [4.78, 5) is 21.8. The number of nitrogens with one attached hydrogen (secondary N) is 1. The molecule has 1 aliphatic rings. The zero-order valence-corrected chi connectivity index (χ0v) is 19.7. The number of halogens is 1. The minimum atomic E-state index is -0.182. The summed E-state index contributed by atoms with van der Waals surface area (Å²) in [7, 11) is 0. The van der Waals surface area contributed by atoms with Gasteiger partial charge in [0.1, 0.15) is 11.5 Å². The van der Waals surface area contributed by atoms with Crippen LogP contribution >= 0.6 is 11.3 Å². The highest BCUT2D eigenvalue weighted by atomic mass is 32.1. The minimum absolute atomic E-state index is 0.108. The first-order valence-corrected chi connectivity index (χ1v) is 12.1. The lowest BCUT2D eigenvalue weighted by molar-refractivity contribution is 0.0944. The summed E-state index contributed by atoms with van der Waals surface area (Å²) >= 11 is 1.59. The van der Waals surface area contributed by atoms with Crippen molar-refractivity contribution in [1.82, 2.24) is 14.7 Å². The van der Waals surface area contributed by atoms with Crippen molar-refractivity contribution >= 4 is 27.9 Å². The second kappa shape index (κ2) is 8.98. The van der Waals surface area contributed by atoms with Gasteiger partial charge >= 0.3 is 0 Å². The molecule has 7 heteroatoms. The number of aryl methyl sites for hydroxylation is 2. The van der Waals surface area contributed by atoms with Crippen LogP contribution in [0.25, 0.3) is 4.96 Å². The Morgan fingerprint density at radius 3 is 2.67 bits per heavy atom. The van der Waals surface area contributed by atoms with Crippen LogP contribution in [0.4, 0.5) is 10.1 Å². The first-order valence-electron chi connectivity index (χ1n) is 11.3. The van der Waals surface area contributed by atoms with E-state index in [1.54, 1.807) is 23.5 Å². The number of benzene rings is 2. The Hall–Kier alpha value is -3.19. The SMILES string of the molecule is Cc1cn2c(C(=O)NCc3cccc(N4CCC(c5ccc(F)cc5)CC4)c3)c(C)nc2s1. The molecule has 0 unspecified atom stereocenters. The Labute approximate surface area is 196 Å². The number of nitrogens with zero attached hydrogens (tertiary/aromatic N) is 3. The zero-order valence-electron chi connectivity index (χ0n) is 18.8. The van der Waals surface area contributed by atoms with Crippen LogP contribution in [-0.4, -0.2) is 28.4 Å². The number of thiazole rings is 1. The molecule has 2 aromatic heterocycles. The molecule has 170 valence electrons. The van der Waals surface area contributed by atoms with Crippen molar-refractivity contribution in [3.05, 3.63) is 87.9 Å². The number of piperidine rings is 1. The summed E-state index contributed by atoms with van der Waals surface area (Å²) in [6.07, 6.45) is 4.05. The average molecular weight is 463 g/mol. The number of imidazole rings is 1. The van der Waals surface area contributed by atoms with Crippen LogP contribution in [-0.2, 0) is 6.54 Å². The molecule has 0 bridgehead atoms. The summed E-state index contributed by atoms with van der Waals surface area (Å²) in [5.74, 6) is 0.183. The maximum atomic E-state index is 13.2. The molecule has 0 saturated carbocycles. The molecule has 0 atom stereocenters. The Balaban J connectivity index is 1.22. The Bertz CT molecular complexity index is 1290. The topological polar surface area (TPSA) is 49.6 Å². The van der Waals surface area contributed by atoms with Crippen LogP contribution in [0.1, 0.15) is 50.9 Å². The highest BCUT2D eigenvalue weighted by molar-refractivity contribution is 7.17. The molecule has 5 nitrogen and oxygen atoms in total. The quantitative estimate of drug-likeness (QED) is 0.428. The molecule has 1 fully saturated rings. The highest BCUT2D eigenvalue weighted by Crippen LogP contribution is 2.31. The van der Waals surface area contributed by atoms with E-state index in [9.17, 15) is 9.18 Å². The number of anilines is 1. The van der Waals surface area contributed by atoms with Gasteiger partial charge in [-0.05, 0) is 68.0 Å². The van der Waals surface area contributed by atoms with Crippen LogP contribution < -0.4 is 10.2 Å². The molecule has 1 amide bonds. The van der Waals surface area contributed by atoms with E-state index in [0.29, 0.717) is 18.2 Å². The summed E-state index contributed by atoms with van der Waals surface area (Å²) < 4.78 is 15.1. The molecule has 2 aromatic carbocycles. The van der Waals surface area contributed by atoms with Gasteiger partial charge in [0.05, 0.1) is 5.69 Å². The van der Waals surface area contributed by atoms with Crippen molar-refractivity contribution < 1.29 is 9.18 Å². The summed E-state index contributed by atoms with van der Waals surface area (Å²) in [6, 6.07) is 15.3. The molecule has 3 heterocycles. The van der Waals surface area contributed by atoms with Crippen molar-refractivity contribution in [2.24, 2.45) is 0 Å². The number of amides is 1. The minimum Gasteiger partial charge on any atom is -0.371 e. The molecular weight excluding hydrogens is 435 g/mol. The molecule has 5 rings (SSSR count). The third-order valence-electron chi connectivity index (χ3n) is 6.40. The number of fused-ring (bicyclic) bond motifs is 1. The van der Waals surface area contributed by atoms with Crippen LogP contribution in [0.3, 0.4) is 0 Å². The van der Waals surface area contributed by atoms with Crippen LogP contribution in [0, 0.1) is 19.7 Å². The van der Waals surface area contributed by atoms with E-state index in [1.807, 2.05) is 48.7 Å². The van der Waals surface area contributed by atoms with Crippen LogP contribution in [0.2, 0.25) is 0 Å². The first-order chi connectivity index (χ1) is 16.0. The molecule has 1 N–H and O–H groups in total. The van der Waals surface area contributed by atoms with Crippen molar-refractivity contribution in [2.45, 2.75) is 39.2 Å². The monoisotopic (exact) mass is 462 g/mol. The van der Waals surface area contributed by atoms with Gasteiger partial charge in [-0.1, -0.05) is 24.3 Å². The molecule has 1 saturated heterocycles. The Kier molecular flexibility index (Phi) is 5.89. The van der Waals surface area contributed by atoms with E-state index >= 15 is 0 Å². The summed E-state index contributed by atoms with van der Waals surface area (Å²) in [5, 5.41) is 3.06. The normalized spacial score (nSPS) is 14.7. The van der Waals surface area contributed by atoms with E-state index in [1.165, 1.54) is 11.3 Å². The Morgan fingerprint density at radius 2 is 1.91 bits per heavy atom. The van der Waals surface area contributed by atoms with E-state index in [0.717, 1.165) is 47.0 Å². The van der Waals surface area contributed by atoms with Crippen molar-refractivity contribution in [2.75, 3.05) is 18.0 Å². The Morgan fingerprint density at radius 1 is 1.15 bits per heavy atom.